The van der Waals surface area contributed by atoms with E-state index in [4.69, 9.17) is 9.47 Å². The van der Waals surface area contributed by atoms with Crippen LogP contribution < -0.4 is 4.74 Å². The molecule has 0 heterocycles. The van der Waals surface area contributed by atoms with Gasteiger partial charge in [-0.15, -0.1) is 0 Å². The first-order valence-electron chi connectivity index (χ1n) is 6.14. The number of para-hydroxylation sites is 1. The maximum absolute atomic E-state index is 12.2. The Bertz CT molecular complexity index is 445. The van der Waals surface area contributed by atoms with Crippen molar-refractivity contribution in [1.82, 2.24) is 4.90 Å². The molecule has 5 nitrogen and oxygen atoms in total. The van der Waals surface area contributed by atoms with Crippen LogP contribution in [0.1, 0.15) is 23.7 Å². The molecule has 0 atom stereocenters. The first kappa shape index (κ1) is 15.0. The summed E-state index contributed by atoms with van der Waals surface area (Å²) in [5, 5.41) is 0. The van der Waals surface area contributed by atoms with Gasteiger partial charge >= 0.3 is 5.97 Å². The molecule has 1 rings (SSSR count). The Hall–Kier alpha value is -2.04. The number of esters is 1. The molecule has 0 spiro atoms. The minimum atomic E-state index is -0.410. The highest BCUT2D eigenvalue weighted by molar-refractivity contribution is 5.98. The van der Waals surface area contributed by atoms with E-state index in [1.165, 1.54) is 12.0 Å². The van der Waals surface area contributed by atoms with Gasteiger partial charge in [0, 0.05) is 7.05 Å². The van der Waals surface area contributed by atoms with E-state index in [9.17, 15) is 9.59 Å². The number of ether oxygens (including phenoxy) is 2. The molecule has 0 saturated carbocycles. The molecule has 1 amide bonds. The standard InChI is InChI=1S/C14H19NO4/c1-4-9-19-13(16)10-15(2)14(17)11-7-5-6-8-12(11)18-3/h5-8H,4,9-10H2,1-3H3. The smallest absolute Gasteiger partial charge is 0.325 e. The molecular formula is C14H19NO4. The third-order valence-electron chi connectivity index (χ3n) is 2.52. The van der Waals surface area contributed by atoms with Crippen LogP contribution in [0.4, 0.5) is 0 Å². The Balaban J connectivity index is 2.69. The summed E-state index contributed by atoms with van der Waals surface area (Å²) in [6, 6.07) is 6.90. The van der Waals surface area contributed by atoms with Crippen LogP contribution in [-0.2, 0) is 9.53 Å². The van der Waals surface area contributed by atoms with E-state index >= 15 is 0 Å². The molecule has 104 valence electrons. The summed E-state index contributed by atoms with van der Waals surface area (Å²) in [4.78, 5) is 24.9. The highest BCUT2D eigenvalue weighted by atomic mass is 16.5. The van der Waals surface area contributed by atoms with Gasteiger partial charge < -0.3 is 14.4 Å². The average Bonchev–Trinajstić information content (AvgIpc) is 2.44. The highest BCUT2D eigenvalue weighted by Crippen LogP contribution is 2.18. The van der Waals surface area contributed by atoms with Gasteiger partial charge in [-0.2, -0.15) is 0 Å². The van der Waals surface area contributed by atoms with Crippen molar-refractivity contribution in [2.75, 3.05) is 27.3 Å². The van der Waals surface area contributed by atoms with Crippen molar-refractivity contribution in [3.63, 3.8) is 0 Å². The predicted molar refractivity (Wildman–Crippen MR) is 71.2 cm³/mol. The van der Waals surface area contributed by atoms with Crippen LogP contribution in [0.15, 0.2) is 24.3 Å². The lowest BCUT2D eigenvalue weighted by Gasteiger charge is -2.17. The second-order valence-electron chi connectivity index (χ2n) is 4.08. The van der Waals surface area contributed by atoms with Gasteiger partial charge in [0.05, 0.1) is 19.3 Å². The minimum Gasteiger partial charge on any atom is -0.496 e. The topological polar surface area (TPSA) is 55.8 Å². The average molecular weight is 265 g/mol. The summed E-state index contributed by atoms with van der Waals surface area (Å²) in [5.41, 5.74) is 0.427. The number of benzene rings is 1. The molecule has 0 N–H and O–H groups in total. The van der Waals surface area contributed by atoms with Crippen LogP contribution in [0.5, 0.6) is 5.75 Å². The quantitative estimate of drug-likeness (QED) is 0.735. The molecule has 5 heteroatoms. The Morgan fingerprint density at radius 2 is 1.95 bits per heavy atom. The number of hydrogen-bond donors (Lipinski definition) is 0. The van der Waals surface area contributed by atoms with Crippen LogP contribution in [0, 0.1) is 0 Å². The number of likely N-dealkylation sites (N-methyl/N-ethyl adjacent to an activating group) is 1. The minimum absolute atomic E-state index is 0.0725. The fourth-order valence-electron chi connectivity index (χ4n) is 1.55. The molecule has 0 aliphatic rings. The molecule has 19 heavy (non-hydrogen) atoms. The molecule has 0 unspecified atom stereocenters. The SMILES string of the molecule is CCCOC(=O)CN(C)C(=O)c1ccccc1OC. The van der Waals surface area contributed by atoms with Crippen LogP contribution in [0.2, 0.25) is 0 Å². The molecule has 0 saturated heterocycles. The second kappa shape index (κ2) is 7.41. The fourth-order valence-corrected chi connectivity index (χ4v) is 1.55. The third kappa shape index (κ3) is 4.28. The van der Waals surface area contributed by atoms with Gasteiger partial charge in [-0.05, 0) is 18.6 Å². The van der Waals surface area contributed by atoms with Gasteiger partial charge in [0.15, 0.2) is 0 Å². The van der Waals surface area contributed by atoms with Gasteiger partial charge in [-0.1, -0.05) is 19.1 Å². The first-order valence-corrected chi connectivity index (χ1v) is 6.14. The molecule has 0 radical (unpaired) electrons. The van der Waals surface area contributed by atoms with Gasteiger partial charge in [-0.25, -0.2) is 0 Å². The summed E-state index contributed by atoms with van der Waals surface area (Å²) in [6.07, 6.45) is 0.760. The van der Waals surface area contributed by atoms with E-state index in [0.717, 1.165) is 6.42 Å². The molecule has 0 aromatic heterocycles. The fraction of sp³-hybridized carbons (Fsp3) is 0.429. The number of hydrogen-bond acceptors (Lipinski definition) is 4. The maximum atomic E-state index is 12.2. The number of methoxy groups -OCH3 is 1. The Labute approximate surface area is 113 Å². The monoisotopic (exact) mass is 265 g/mol. The molecule has 0 aliphatic carbocycles. The molecule has 1 aromatic rings. The van der Waals surface area contributed by atoms with Gasteiger partial charge in [-0.3, -0.25) is 9.59 Å². The number of amides is 1. The van der Waals surface area contributed by atoms with E-state index in [1.54, 1.807) is 31.3 Å². The van der Waals surface area contributed by atoms with E-state index < -0.39 is 5.97 Å². The van der Waals surface area contributed by atoms with Gasteiger partial charge in [0.25, 0.3) is 5.91 Å². The van der Waals surface area contributed by atoms with Crippen LogP contribution >= 0.6 is 0 Å². The predicted octanol–water partition coefficient (Wildman–Crippen LogP) is 1.72. The summed E-state index contributed by atoms with van der Waals surface area (Å²) in [6.45, 7) is 2.21. The second-order valence-corrected chi connectivity index (χ2v) is 4.08. The molecule has 0 aliphatic heterocycles. The van der Waals surface area contributed by atoms with Crippen molar-refractivity contribution in [3.05, 3.63) is 29.8 Å². The Kier molecular flexibility index (Phi) is 5.85. The maximum Gasteiger partial charge on any atom is 0.325 e. The number of carbonyl (C=O) groups excluding carboxylic acids is 2. The molecule has 0 bridgehead atoms. The van der Waals surface area contributed by atoms with Crippen LogP contribution in [0.25, 0.3) is 0 Å². The summed E-state index contributed by atoms with van der Waals surface area (Å²) in [5.74, 6) is -0.195. The molecule has 0 fully saturated rings. The van der Waals surface area contributed by atoms with Crippen LogP contribution in [-0.4, -0.2) is 44.1 Å². The summed E-state index contributed by atoms with van der Waals surface area (Å²) in [7, 11) is 3.06. The van der Waals surface area contributed by atoms with Crippen molar-refractivity contribution in [2.24, 2.45) is 0 Å². The zero-order chi connectivity index (χ0) is 14.3. The lowest BCUT2D eigenvalue weighted by atomic mass is 10.2. The largest absolute Gasteiger partial charge is 0.496 e. The van der Waals surface area contributed by atoms with Gasteiger partial charge in [0.2, 0.25) is 0 Å². The zero-order valence-corrected chi connectivity index (χ0v) is 11.5. The van der Waals surface area contributed by atoms with E-state index in [2.05, 4.69) is 0 Å². The molecular weight excluding hydrogens is 246 g/mol. The van der Waals surface area contributed by atoms with E-state index in [1.807, 2.05) is 6.92 Å². The van der Waals surface area contributed by atoms with Crippen molar-refractivity contribution in [2.45, 2.75) is 13.3 Å². The van der Waals surface area contributed by atoms with Crippen molar-refractivity contribution in [3.8, 4) is 5.75 Å². The van der Waals surface area contributed by atoms with Crippen molar-refractivity contribution >= 4 is 11.9 Å². The number of rotatable bonds is 6. The lowest BCUT2D eigenvalue weighted by Crippen LogP contribution is -2.33. The first-order chi connectivity index (χ1) is 9.10. The van der Waals surface area contributed by atoms with Gasteiger partial charge in [0.1, 0.15) is 12.3 Å². The highest BCUT2D eigenvalue weighted by Gasteiger charge is 2.18. The summed E-state index contributed by atoms with van der Waals surface area (Å²) >= 11 is 0. The zero-order valence-electron chi connectivity index (χ0n) is 11.5. The van der Waals surface area contributed by atoms with E-state index in [0.29, 0.717) is 17.9 Å². The molecule has 1 aromatic carbocycles. The number of carbonyl (C=O) groups is 2. The van der Waals surface area contributed by atoms with Crippen molar-refractivity contribution < 1.29 is 19.1 Å². The Morgan fingerprint density at radius 1 is 1.26 bits per heavy atom. The normalized spacial score (nSPS) is 9.84. The Morgan fingerprint density at radius 3 is 2.58 bits per heavy atom. The summed E-state index contributed by atoms with van der Waals surface area (Å²) < 4.78 is 10.1. The third-order valence-corrected chi connectivity index (χ3v) is 2.52. The van der Waals surface area contributed by atoms with E-state index in [-0.39, 0.29) is 12.5 Å². The lowest BCUT2D eigenvalue weighted by molar-refractivity contribution is -0.144. The van der Waals surface area contributed by atoms with Crippen LogP contribution in [0.3, 0.4) is 0 Å². The van der Waals surface area contributed by atoms with Crippen molar-refractivity contribution in [1.29, 1.82) is 0 Å². The number of nitrogens with zero attached hydrogens (tertiary/aromatic N) is 1.